The van der Waals surface area contributed by atoms with Crippen molar-refractivity contribution in [3.05, 3.63) is 52.5 Å². The molecule has 0 amide bonds. The number of halogens is 2. The summed E-state index contributed by atoms with van der Waals surface area (Å²) in [6.07, 6.45) is 4.83. The van der Waals surface area contributed by atoms with E-state index in [2.05, 4.69) is 4.98 Å². The number of hydrogen-bond acceptors (Lipinski definition) is 3. The van der Waals surface area contributed by atoms with Crippen molar-refractivity contribution in [2.24, 2.45) is 0 Å². The lowest BCUT2D eigenvalue weighted by Crippen LogP contribution is -2.25. The minimum atomic E-state index is -0.430. The van der Waals surface area contributed by atoms with Gasteiger partial charge in [-0.1, -0.05) is 36.2 Å². The Balaban J connectivity index is 1.86. The van der Waals surface area contributed by atoms with E-state index in [-0.39, 0.29) is 5.25 Å². The molecule has 1 N–H and O–H groups in total. The van der Waals surface area contributed by atoms with Crippen LogP contribution in [0.1, 0.15) is 12.5 Å². The third-order valence-corrected chi connectivity index (χ3v) is 4.92. The molecular formula is C14H16Cl2N2OS. The fourth-order valence-corrected chi connectivity index (χ4v) is 3.29. The smallest absolute Gasteiger partial charge is 0.0946 e. The summed E-state index contributed by atoms with van der Waals surface area (Å²) >= 11 is 13.7. The Morgan fingerprint density at radius 1 is 1.40 bits per heavy atom. The van der Waals surface area contributed by atoms with E-state index < -0.39 is 6.10 Å². The highest BCUT2D eigenvalue weighted by Gasteiger charge is 2.15. The maximum absolute atomic E-state index is 10.2. The van der Waals surface area contributed by atoms with Crippen molar-refractivity contribution in [2.45, 2.75) is 30.6 Å². The Kier molecular flexibility index (Phi) is 5.78. The normalized spacial score (nSPS) is 14.2. The maximum Gasteiger partial charge on any atom is 0.0946 e. The number of aromatic nitrogens is 2. The van der Waals surface area contributed by atoms with Gasteiger partial charge in [0.05, 0.1) is 19.0 Å². The monoisotopic (exact) mass is 330 g/mol. The van der Waals surface area contributed by atoms with Crippen molar-refractivity contribution in [1.29, 1.82) is 0 Å². The molecule has 20 heavy (non-hydrogen) atoms. The Morgan fingerprint density at radius 2 is 2.20 bits per heavy atom. The third kappa shape index (κ3) is 4.42. The molecule has 1 aromatic heterocycles. The van der Waals surface area contributed by atoms with Gasteiger partial charge < -0.3 is 9.67 Å². The van der Waals surface area contributed by atoms with Gasteiger partial charge in [0.2, 0.25) is 0 Å². The van der Waals surface area contributed by atoms with Crippen molar-refractivity contribution < 1.29 is 5.11 Å². The molecule has 0 bridgehead atoms. The van der Waals surface area contributed by atoms with E-state index >= 15 is 0 Å². The first kappa shape index (κ1) is 15.7. The number of nitrogens with zero attached hydrogens (tertiary/aromatic N) is 2. The maximum atomic E-state index is 10.2. The van der Waals surface area contributed by atoms with Gasteiger partial charge in [-0.05, 0) is 17.7 Å². The highest BCUT2D eigenvalue weighted by atomic mass is 35.5. The second-order valence-corrected chi connectivity index (χ2v) is 6.79. The van der Waals surface area contributed by atoms with E-state index in [1.807, 2.05) is 29.8 Å². The Bertz CT molecular complexity index is 548. The van der Waals surface area contributed by atoms with Crippen molar-refractivity contribution in [3.8, 4) is 0 Å². The van der Waals surface area contributed by atoms with Gasteiger partial charge >= 0.3 is 0 Å². The molecule has 2 rings (SSSR count). The number of hydrogen-bond donors (Lipinski definition) is 1. The lowest BCUT2D eigenvalue weighted by atomic mass is 10.2. The second-order valence-electron chi connectivity index (χ2n) is 4.58. The predicted octanol–water partition coefficient (Wildman–Crippen LogP) is 3.87. The molecule has 6 heteroatoms. The molecule has 0 spiro atoms. The second kappa shape index (κ2) is 7.36. The van der Waals surface area contributed by atoms with E-state index in [0.29, 0.717) is 16.6 Å². The summed E-state index contributed by atoms with van der Waals surface area (Å²) in [7, 11) is 0. The Hall–Kier alpha value is -0.680. The van der Waals surface area contributed by atoms with Crippen LogP contribution in [-0.4, -0.2) is 26.0 Å². The van der Waals surface area contributed by atoms with Gasteiger partial charge in [0.25, 0.3) is 0 Å². The van der Waals surface area contributed by atoms with E-state index in [4.69, 9.17) is 23.2 Å². The van der Waals surface area contributed by atoms with Gasteiger partial charge in [-0.2, -0.15) is 11.8 Å². The van der Waals surface area contributed by atoms with E-state index in [1.165, 1.54) is 0 Å². The molecule has 0 aliphatic rings. The van der Waals surface area contributed by atoms with Gasteiger partial charge in [-0.25, -0.2) is 4.98 Å². The summed E-state index contributed by atoms with van der Waals surface area (Å²) in [5, 5.41) is 11.6. The van der Waals surface area contributed by atoms with Gasteiger partial charge in [0.15, 0.2) is 0 Å². The van der Waals surface area contributed by atoms with Crippen LogP contribution in [-0.2, 0) is 12.3 Å². The number of aliphatic hydroxyl groups is 1. The van der Waals surface area contributed by atoms with Crippen LogP contribution in [0, 0.1) is 0 Å². The Labute approximate surface area is 132 Å². The zero-order valence-corrected chi connectivity index (χ0v) is 13.4. The molecule has 3 nitrogen and oxygen atoms in total. The molecule has 2 unspecified atom stereocenters. The largest absolute Gasteiger partial charge is 0.390 e. The van der Waals surface area contributed by atoms with Crippen LogP contribution in [0.5, 0.6) is 0 Å². The van der Waals surface area contributed by atoms with Crippen LogP contribution in [0.4, 0.5) is 0 Å². The van der Waals surface area contributed by atoms with Crippen LogP contribution in [0.3, 0.4) is 0 Å². The van der Waals surface area contributed by atoms with Gasteiger partial charge in [-0.15, -0.1) is 0 Å². The van der Waals surface area contributed by atoms with Crippen LogP contribution >= 0.6 is 35.0 Å². The van der Waals surface area contributed by atoms with Gasteiger partial charge in [0.1, 0.15) is 0 Å². The first-order chi connectivity index (χ1) is 9.56. The topological polar surface area (TPSA) is 38.0 Å². The number of imidazole rings is 1. The summed E-state index contributed by atoms with van der Waals surface area (Å²) in [6.45, 7) is 2.55. The summed E-state index contributed by atoms with van der Waals surface area (Å²) in [4.78, 5) is 3.96. The highest BCUT2D eigenvalue weighted by molar-refractivity contribution is 7.99. The molecule has 0 saturated carbocycles. The third-order valence-electron chi connectivity index (χ3n) is 3.02. The summed E-state index contributed by atoms with van der Waals surface area (Å²) in [6, 6.07) is 5.49. The quantitative estimate of drug-likeness (QED) is 0.873. The first-order valence-electron chi connectivity index (χ1n) is 6.25. The summed E-state index contributed by atoms with van der Waals surface area (Å²) in [5.74, 6) is 0.748. The molecule has 2 aromatic rings. The van der Waals surface area contributed by atoms with Gasteiger partial charge in [-0.3, -0.25) is 0 Å². The molecule has 0 aliphatic heterocycles. The average molecular weight is 331 g/mol. The van der Waals surface area contributed by atoms with E-state index in [9.17, 15) is 5.11 Å². The van der Waals surface area contributed by atoms with Crippen LogP contribution in [0.25, 0.3) is 0 Å². The number of rotatable bonds is 6. The molecule has 1 heterocycles. The van der Waals surface area contributed by atoms with E-state index in [0.717, 1.165) is 11.3 Å². The Morgan fingerprint density at radius 3 is 2.85 bits per heavy atom. The average Bonchev–Trinajstić information content (AvgIpc) is 2.90. The highest BCUT2D eigenvalue weighted by Crippen LogP contribution is 2.27. The molecule has 108 valence electrons. The summed E-state index contributed by atoms with van der Waals surface area (Å²) in [5.41, 5.74) is 1.03. The molecule has 1 aromatic carbocycles. The zero-order chi connectivity index (χ0) is 14.5. The minimum Gasteiger partial charge on any atom is -0.390 e. The van der Waals surface area contributed by atoms with Crippen LogP contribution in [0.2, 0.25) is 10.0 Å². The number of aliphatic hydroxyl groups excluding tert-OH is 1. The predicted molar refractivity (Wildman–Crippen MR) is 85.5 cm³/mol. The number of thioether (sulfide) groups is 1. The molecule has 0 fully saturated rings. The zero-order valence-electron chi connectivity index (χ0n) is 11.0. The first-order valence-corrected chi connectivity index (χ1v) is 8.06. The van der Waals surface area contributed by atoms with Crippen molar-refractivity contribution in [1.82, 2.24) is 9.55 Å². The standard InChI is InChI=1S/C14H16Cl2N2OS/c1-10(14(19)7-18-5-4-17-9-18)20-8-11-2-3-12(15)6-13(11)16/h2-6,9-10,14,19H,7-8H2,1H3. The van der Waals surface area contributed by atoms with Crippen molar-refractivity contribution in [3.63, 3.8) is 0 Å². The lowest BCUT2D eigenvalue weighted by Gasteiger charge is -2.19. The molecule has 2 atom stereocenters. The van der Waals surface area contributed by atoms with E-state index in [1.54, 1.807) is 30.4 Å². The SMILES string of the molecule is CC(SCc1ccc(Cl)cc1Cl)C(O)Cn1ccnc1. The molecule has 0 aliphatic carbocycles. The fraction of sp³-hybridized carbons (Fsp3) is 0.357. The van der Waals surface area contributed by atoms with Crippen molar-refractivity contribution in [2.75, 3.05) is 0 Å². The minimum absolute atomic E-state index is 0.101. The summed E-state index contributed by atoms with van der Waals surface area (Å²) < 4.78 is 1.87. The van der Waals surface area contributed by atoms with Crippen LogP contribution in [0.15, 0.2) is 36.9 Å². The van der Waals surface area contributed by atoms with Crippen molar-refractivity contribution >= 4 is 35.0 Å². The molecular weight excluding hydrogens is 315 g/mol. The molecule has 0 saturated heterocycles. The molecule has 0 radical (unpaired) electrons. The fourth-order valence-electron chi connectivity index (χ4n) is 1.73. The van der Waals surface area contributed by atoms with Crippen LogP contribution < -0.4 is 0 Å². The lowest BCUT2D eigenvalue weighted by molar-refractivity contribution is 0.155. The van der Waals surface area contributed by atoms with Gasteiger partial charge in [0, 0.05) is 33.4 Å². The number of benzene rings is 1.